The highest BCUT2D eigenvalue weighted by atomic mass is 79.9. The lowest BCUT2D eigenvalue weighted by molar-refractivity contribution is -0.137. The molecule has 0 radical (unpaired) electrons. The lowest BCUT2D eigenvalue weighted by Crippen LogP contribution is -2.50. The first-order chi connectivity index (χ1) is 9.79. The number of amides is 1. The van der Waals surface area contributed by atoms with E-state index in [9.17, 15) is 18.0 Å². The minimum Gasteiger partial charge on any atom is -0.368 e. The Kier molecular flexibility index (Phi) is 4.81. The van der Waals surface area contributed by atoms with Gasteiger partial charge in [0.05, 0.1) is 10.4 Å². The molecular weight excluding hydrogens is 349 g/mol. The van der Waals surface area contributed by atoms with Crippen LogP contribution in [0.1, 0.15) is 12.5 Å². The zero-order chi connectivity index (χ0) is 15.6. The number of piperazine rings is 1. The molecule has 0 spiro atoms. The molecule has 3 nitrogen and oxygen atoms in total. The third kappa shape index (κ3) is 3.90. The normalized spacial score (nSPS) is 17.8. The van der Waals surface area contributed by atoms with Crippen LogP contribution < -0.4 is 4.90 Å². The molecule has 1 atom stereocenters. The molecule has 0 N–H and O–H groups in total. The van der Waals surface area contributed by atoms with Gasteiger partial charge in [0.15, 0.2) is 0 Å². The number of alkyl halides is 4. The summed E-state index contributed by atoms with van der Waals surface area (Å²) < 4.78 is 38.1. The lowest BCUT2D eigenvalue weighted by atomic mass is 10.1. The second-order valence-electron chi connectivity index (χ2n) is 4.98. The van der Waals surface area contributed by atoms with E-state index in [1.165, 1.54) is 6.07 Å². The van der Waals surface area contributed by atoms with Gasteiger partial charge in [-0.3, -0.25) is 4.79 Å². The number of nitrogens with zero attached hydrogens (tertiary/aromatic N) is 2. The minimum atomic E-state index is -4.33. The summed E-state index contributed by atoms with van der Waals surface area (Å²) in [6.07, 6.45) is -4.33. The van der Waals surface area contributed by atoms with Gasteiger partial charge in [-0.15, -0.1) is 0 Å². The van der Waals surface area contributed by atoms with E-state index in [4.69, 9.17) is 0 Å². The van der Waals surface area contributed by atoms with Gasteiger partial charge in [0.1, 0.15) is 0 Å². The van der Waals surface area contributed by atoms with Crippen molar-refractivity contribution in [1.82, 2.24) is 4.90 Å². The average molecular weight is 365 g/mol. The Morgan fingerprint density at radius 2 is 1.86 bits per heavy atom. The van der Waals surface area contributed by atoms with Crippen LogP contribution in [-0.2, 0) is 11.0 Å². The largest absolute Gasteiger partial charge is 0.416 e. The van der Waals surface area contributed by atoms with Crippen molar-refractivity contribution in [2.45, 2.75) is 17.9 Å². The van der Waals surface area contributed by atoms with Crippen molar-refractivity contribution in [2.75, 3.05) is 31.1 Å². The monoisotopic (exact) mass is 364 g/mol. The molecule has 1 fully saturated rings. The molecule has 1 aliphatic heterocycles. The Balaban J connectivity index is 2.04. The van der Waals surface area contributed by atoms with Crippen LogP contribution in [-0.4, -0.2) is 41.8 Å². The van der Waals surface area contributed by atoms with Crippen LogP contribution in [0, 0.1) is 0 Å². The highest BCUT2D eigenvalue weighted by molar-refractivity contribution is 9.10. The quantitative estimate of drug-likeness (QED) is 0.752. The minimum absolute atomic E-state index is 0.0127. The molecule has 0 aliphatic carbocycles. The number of hydrogen-bond acceptors (Lipinski definition) is 2. The topological polar surface area (TPSA) is 23.6 Å². The highest BCUT2D eigenvalue weighted by Gasteiger charge is 2.31. The smallest absolute Gasteiger partial charge is 0.368 e. The highest BCUT2D eigenvalue weighted by Crippen LogP contribution is 2.31. The molecule has 1 aromatic carbocycles. The van der Waals surface area contributed by atoms with Crippen molar-refractivity contribution in [3.8, 4) is 0 Å². The standard InChI is InChI=1S/C14H16BrF3N2O/c1-10(15)13(21)20-7-5-19(6-8-20)12-4-2-3-11(9-12)14(16,17)18/h2-4,9-10H,5-8H2,1H3. The Hall–Kier alpha value is -1.24. The number of hydrogen-bond donors (Lipinski definition) is 0. The van der Waals surface area contributed by atoms with E-state index < -0.39 is 11.7 Å². The summed E-state index contributed by atoms with van der Waals surface area (Å²) in [5.74, 6) is 0.0127. The first-order valence-corrected chi connectivity index (χ1v) is 7.55. The fraction of sp³-hybridized carbons (Fsp3) is 0.500. The third-order valence-corrected chi connectivity index (χ3v) is 3.86. The maximum Gasteiger partial charge on any atom is 0.416 e. The molecule has 2 rings (SSSR count). The predicted molar refractivity (Wildman–Crippen MR) is 78.6 cm³/mol. The van der Waals surface area contributed by atoms with E-state index in [1.54, 1.807) is 17.9 Å². The number of halogens is 4. The molecule has 1 heterocycles. The first-order valence-electron chi connectivity index (χ1n) is 6.64. The molecule has 1 aromatic rings. The van der Waals surface area contributed by atoms with Gasteiger partial charge >= 0.3 is 6.18 Å². The first kappa shape index (κ1) is 16.1. The summed E-state index contributed by atoms with van der Waals surface area (Å²) in [5.41, 5.74) is -0.101. The van der Waals surface area contributed by atoms with Gasteiger partial charge in [-0.25, -0.2) is 0 Å². The SMILES string of the molecule is CC(Br)C(=O)N1CCN(c2cccc(C(F)(F)F)c2)CC1. The summed E-state index contributed by atoms with van der Waals surface area (Å²) >= 11 is 3.24. The summed E-state index contributed by atoms with van der Waals surface area (Å²) in [7, 11) is 0. The van der Waals surface area contributed by atoms with E-state index in [2.05, 4.69) is 15.9 Å². The molecule has 1 saturated heterocycles. The number of rotatable bonds is 2. The van der Waals surface area contributed by atoms with Crippen LogP contribution in [0.5, 0.6) is 0 Å². The Morgan fingerprint density at radius 1 is 1.24 bits per heavy atom. The Morgan fingerprint density at radius 3 is 2.38 bits per heavy atom. The van der Waals surface area contributed by atoms with Gasteiger partial charge in [-0.05, 0) is 25.1 Å². The number of benzene rings is 1. The van der Waals surface area contributed by atoms with Gasteiger partial charge in [0.2, 0.25) is 5.91 Å². The van der Waals surface area contributed by atoms with Crippen LogP contribution in [0.4, 0.5) is 18.9 Å². The number of carbonyl (C=O) groups excluding carboxylic acids is 1. The predicted octanol–water partition coefficient (Wildman–Crippen LogP) is 3.14. The van der Waals surface area contributed by atoms with Gasteiger partial charge < -0.3 is 9.80 Å². The molecule has 0 bridgehead atoms. The molecule has 7 heteroatoms. The fourth-order valence-corrected chi connectivity index (χ4v) is 2.61. The third-order valence-electron chi connectivity index (χ3n) is 3.47. The van der Waals surface area contributed by atoms with Gasteiger partial charge in [-0.1, -0.05) is 22.0 Å². The molecule has 0 saturated carbocycles. The van der Waals surface area contributed by atoms with Crippen LogP contribution in [0.2, 0.25) is 0 Å². The molecule has 1 amide bonds. The molecule has 1 unspecified atom stereocenters. The maximum atomic E-state index is 12.7. The zero-order valence-electron chi connectivity index (χ0n) is 11.5. The fourth-order valence-electron chi connectivity index (χ4n) is 2.32. The van der Waals surface area contributed by atoms with E-state index in [-0.39, 0.29) is 10.7 Å². The number of anilines is 1. The van der Waals surface area contributed by atoms with E-state index in [0.717, 1.165) is 12.1 Å². The van der Waals surface area contributed by atoms with Gasteiger partial charge in [-0.2, -0.15) is 13.2 Å². The molecule has 0 aromatic heterocycles. The van der Waals surface area contributed by atoms with Gasteiger partial charge in [0.25, 0.3) is 0 Å². The van der Waals surface area contributed by atoms with Gasteiger partial charge in [0, 0.05) is 31.9 Å². The molecular formula is C14H16BrF3N2O. The summed E-state index contributed by atoms with van der Waals surface area (Å²) in [6.45, 7) is 3.87. The zero-order valence-corrected chi connectivity index (χ0v) is 13.1. The summed E-state index contributed by atoms with van der Waals surface area (Å²) in [5, 5.41) is 0. The Labute approximate surface area is 129 Å². The average Bonchev–Trinajstić information content (AvgIpc) is 2.46. The van der Waals surface area contributed by atoms with Crippen LogP contribution in [0.3, 0.4) is 0 Å². The maximum absolute atomic E-state index is 12.7. The summed E-state index contributed by atoms with van der Waals surface area (Å²) in [4.78, 5) is 15.2. The summed E-state index contributed by atoms with van der Waals surface area (Å²) in [6, 6.07) is 5.30. The van der Waals surface area contributed by atoms with Crippen molar-refractivity contribution in [1.29, 1.82) is 0 Å². The van der Waals surface area contributed by atoms with E-state index >= 15 is 0 Å². The van der Waals surface area contributed by atoms with E-state index in [1.807, 2.05) is 4.90 Å². The molecule has 21 heavy (non-hydrogen) atoms. The van der Waals surface area contributed by atoms with Crippen molar-refractivity contribution < 1.29 is 18.0 Å². The number of carbonyl (C=O) groups is 1. The second-order valence-corrected chi connectivity index (χ2v) is 6.35. The van der Waals surface area contributed by atoms with Crippen molar-refractivity contribution in [2.24, 2.45) is 0 Å². The van der Waals surface area contributed by atoms with E-state index in [0.29, 0.717) is 31.9 Å². The molecule has 116 valence electrons. The second kappa shape index (κ2) is 6.25. The van der Waals surface area contributed by atoms with Crippen LogP contribution >= 0.6 is 15.9 Å². The van der Waals surface area contributed by atoms with Crippen LogP contribution in [0.25, 0.3) is 0 Å². The van der Waals surface area contributed by atoms with Crippen molar-refractivity contribution >= 4 is 27.5 Å². The van der Waals surface area contributed by atoms with Crippen LogP contribution in [0.15, 0.2) is 24.3 Å². The van der Waals surface area contributed by atoms with Crippen molar-refractivity contribution in [3.63, 3.8) is 0 Å². The lowest BCUT2D eigenvalue weighted by Gasteiger charge is -2.36. The van der Waals surface area contributed by atoms with Crippen molar-refractivity contribution in [3.05, 3.63) is 29.8 Å². The Bertz CT molecular complexity index is 511. The molecule has 1 aliphatic rings.